The van der Waals surface area contributed by atoms with Crippen LogP contribution in [0.15, 0.2) is 66.7 Å². The number of hydrogen-bond acceptors (Lipinski definition) is 2. The molecule has 4 amide bonds. The minimum atomic E-state index is -0.939. The van der Waals surface area contributed by atoms with Gasteiger partial charge in [0.1, 0.15) is 0 Å². The third kappa shape index (κ3) is 5.51. The zero-order chi connectivity index (χ0) is 24.1. The smallest absolute Gasteiger partial charge is 0.324 e. The highest BCUT2D eigenvalue weighted by Crippen LogP contribution is 2.30. The summed E-state index contributed by atoms with van der Waals surface area (Å²) < 4.78 is 26.9. The van der Waals surface area contributed by atoms with Crippen LogP contribution in [0.2, 0.25) is 0 Å². The Morgan fingerprint density at radius 3 is 2.50 bits per heavy atom. The number of carbonyl (C=O) groups is 2. The van der Waals surface area contributed by atoms with Gasteiger partial charge in [0, 0.05) is 26.2 Å². The van der Waals surface area contributed by atoms with Gasteiger partial charge >= 0.3 is 12.1 Å². The van der Waals surface area contributed by atoms with Gasteiger partial charge in [-0.1, -0.05) is 42.5 Å². The van der Waals surface area contributed by atoms with E-state index in [1.807, 2.05) is 49.4 Å². The molecule has 0 unspecified atom stereocenters. The van der Waals surface area contributed by atoms with E-state index >= 15 is 0 Å². The van der Waals surface area contributed by atoms with Gasteiger partial charge in [0.25, 0.3) is 0 Å². The second kappa shape index (κ2) is 10.3. The summed E-state index contributed by atoms with van der Waals surface area (Å²) in [4.78, 5) is 29.0. The molecule has 0 spiro atoms. The minimum absolute atomic E-state index is 0.165. The summed E-state index contributed by atoms with van der Waals surface area (Å²) in [5, 5.41) is 5.69. The predicted octanol–water partition coefficient (Wildman–Crippen LogP) is 5.43. The van der Waals surface area contributed by atoms with Crippen LogP contribution >= 0.6 is 0 Å². The molecule has 3 aromatic rings. The Morgan fingerprint density at radius 1 is 0.941 bits per heavy atom. The lowest BCUT2D eigenvalue weighted by atomic mass is 10.1. The van der Waals surface area contributed by atoms with E-state index in [9.17, 15) is 18.4 Å². The van der Waals surface area contributed by atoms with E-state index in [-0.39, 0.29) is 18.6 Å². The number of benzene rings is 3. The van der Waals surface area contributed by atoms with Crippen LogP contribution in [0.25, 0.3) is 0 Å². The van der Waals surface area contributed by atoms with Gasteiger partial charge in [-0.05, 0) is 54.3 Å². The number of nitrogens with zero attached hydrogens (tertiary/aromatic N) is 2. The number of aryl methyl sites for hydroxylation is 1. The minimum Gasteiger partial charge on any atom is -0.334 e. The molecule has 6 nitrogen and oxygen atoms in total. The summed E-state index contributed by atoms with van der Waals surface area (Å²) >= 11 is 0. The first-order chi connectivity index (χ1) is 16.4. The van der Waals surface area contributed by atoms with Crippen molar-refractivity contribution in [2.24, 2.45) is 0 Å². The van der Waals surface area contributed by atoms with Crippen molar-refractivity contribution in [3.63, 3.8) is 0 Å². The summed E-state index contributed by atoms with van der Waals surface area (Å²) in [6.07, 6.45) is 0.697. The van der Waals surface area contributed by atoms with E-state index in [4.69, 9.17) is 0 Å². The Kier molecular flexibility index (Phi) is 7.06. The van der Waals surface area contributed by atoms with Crippen molar-refractivity contribution >= 4 is 23.4 Å². The SMILES string of the molecule is Cc1ccc(N2CCCN(Cc3ccc(F)c(F)c3)C2=O)c(NC(=O)NCc2ccccc2)c1. The molecule has 4 rings (SSSR count). The van der Waals surface area contributed by atoms with Crippen molar-refractivity contribution in [2.75, 3.05) is 23.3 Å². The monoisotopic (exact) mass is 464 g/mol. The van der Waals surface area contributed by atoms with Gasteiger partial charge in [-0.3, -0.25) is 4.90 Å². The summed E-state index contributed by atoms with van der Waals surface area (Å²) in [5.41, 5.74) is 3.53. The van der Waals surface area contributed by atoms with E-state index in [0.29, 0.717) is 43.0 Å². The van der Waals surface area contributed by atoms with Crippen molar-refractivity contribution in [1.29, 1.82) is 0 Å². The quantitative estimate of drug-likeness (QED) is 0.511. The first-order valence-electron chi connectivity index (χ1n) is 11.1. The van der Waals surface area contributed by atoms with E-state index < -0.39 is 11.6 Å². The largest absolute Gasteiger partial charge is 0.334 e. The fraction of sp³-hybridized carbons (Fsp3) is 0.231. The maximum Gasteiger partial charge on any atom is 0.324 e. The van der Waals surface area contributed by atoms with Crippen LogP contribution in [-0.4, -0.2) is 30.1 Å². The maximum atomic E-state index is 13.6. The predicted molar refractivity (Wildman–Crippen MR) is 128 cm³/mol. The van der Waals surface area contributed by atoms with Crippen LogP contribution in [-0.2, 0) is 13.1 Å². The molecule has 1 saturated heterocycles. The first-order valence-corrected chi connectivity index (χ1v) is 11.1. The lowest BCUT2D eigenvalue weighted by molar-refractivity contribution is 0.192. The normalized spacial score (nSPS) is 13.7. The van der Waals surface area contributed by atoms with Crippen LogP contribution in [0.3, 0.4) is 0 Å². The molecule has 3 aromatic carbocycles. The van der Waals surface area contributed by atoms with Crippen molar-refractivity contribution in [1.82, 2.24) is 10.2 Å². The van der Waals surface area contributed by atoms with E-state index in [1.54, 1.807) is 15.9 Å². The molecule has 0 aromatic heterocycles. The van der Waals surface area contributed by atoms with Gasteiger partial charge in [-0.25, -0.2) is 18.4 Å². The van der Waals surface area contributed by atoms with Gasteiger partial charge in [0.15, 0.2) is 11.6 Å². The first kappa shape index (κ1) is 23.2. The number of carbonyl (C=O) groups excluding carboxylic acids is 2. The standard InChI is InChI=1S/C26H26F2N4O2/c1-18-8-11-24(23(14-18)30-25(33)29-16-19-6-3-2-4-7-19)32-13-5-12-31(26(32)34)17-20-9-10-21(27)22(28)15-20/h2-4,6-11,14-15H,5,12-13,16-17H2,1H3,(H2,29,30,33). The molecule has 0 atom stereocenters. The van der Waals surface area contributed by atoms with Gasteiger partial charge < -0.3 is 15.5 Å². The average Bonchev–Trinajstić information content (AvgIpc) is 2.83. The number of rotatable bonds is 6. The molecule has 34 heavy (non-hydrogen) atoms. The highest BCUT2D eigenvalue weighted by Gasteiger charge is 2.29. The molecule has 0 bridgehead atoms. The van der Waals surface area contributed by atoms with Gasteiger partial charge in [0.2, 0.25) is 0 Å². The molecular weight excluding hydrogens is 438 g/mol. The number of hydrogen-bond donors (Lipinski definition) is 2. The van der Waals surface area contributed by atoms with E-state index in [2.05, 4.69) is 10.6 Å². The number of nitrogens with one attached hydrogen (secondary N) is 2. The Hall–Kier alpha value is -3.94. The van der Waals surface area contributed by atoms with Crippen LogP contribution in [0.1, 0.15) is 23.1 Å². The molecule has 1 heterocycles. The fourth-order valence-corrected chi connectivity index (χ4v) is 3.94. The molecule has 8 heteroatoms. The number of amides is 4. The average molecular weight is 465 g/mol. The number of anilines is 2. The van der Waals surface area contributed by atoms with Crippen molar-refractivity contribution in [2.45, 2.75) is 26.4 Å². The Morgan fingerprint density at radius 2 is 1.74 bits per heavy atom. The summed E-state index contributed by atoms with van der Waals surface area (Å²) in [6.45, 7) is 3.43. The molecule has 0 radical (unpaired) electrons. The molecule has 1 aliphatic rings. The van der Waals surface area contributed by atoms with Crippen molar-refractivity contribution in [3.8, 4) is 0 Å². The van der Waals surface area contributed by atoms with Gasteiger partial charge in [0.05, 0.1) is 11.4 Å². The second-order valence-corrected chi connectivity index (χ2v) is 8.27. The molecule has 1 aliphatic heterocycles. The summed E-state index contributed by atoms with van der Waals surface area (Å²) in [7, 11) is 0. The highest BCUT2D eigenvalue weighted by molar-refractivity contribution is 6.00. The zero-order valence-corrected chi connectivity index (χ0v) is 18.9. The summed E-state index contributed by atoms with van der Waals surface area (Å²) in [5.74, 6) is -1.86. The molecule has 1 fully saturated rings. The fourth-order valence-electron chi connectivity index (χ4n) is 3.94. The Labute approximate surface area is 197 Å². The molecule has 176 valence electrons. The summed E-state index contributed by atoms with van der Waals surface area (Å²) in [6, 6.07) is 18.1. The highest BCUT2D eigenvalue weighted by atomic mass is 19.2. The number of urea groups is 2. The van der Waals surface area contributed by atoms with Crippen LogP contribution in [0, 0.1) is 18.6 Å². The van der Waals surface area contributed by atoms with Crippen LogP contribution in [0.4, 0.5) is 29.7 Å². The topological polar surface area (TPSA) is 64.7 Å². The second-order valence-electron chi connectivity index (χ2n) is 8.27. The van der Waals surface area contributed by atoms with Crippen molar-refractivity contribution in [3.05, 3.63) is 95.1 Å². The Balaban J connectivity index is 1.48. The lowest BCUT2D eigenvalue weighted by Gasteiger charge is -2.36. The van der Waals surface area contributed by atoms with Crippen LogP contribution in [0.5, 0.6) is 0 Å². The number of halogens is 2. The van der Waals surface area contributed by atoms with Gasteiger partial charge in [-0.2, -0.15) is 0 Å². The molecular formula is C26H26F2N4O2. The third-order valence-corrected chi connectivity index (χ3v) is 5.66. The van der Waals surface area contributed by atoms with Crippen LogP contribution < -0.4 is 15.5 Å². The molecule has 0 saturated carbocycles. The lowest BCUT2D eigenvalue weighted by Crippen LogP contribution is -2.49. The van der Waals surface area contributed by atoms with E-state index in [0.717, 1.165) is 23.3 Å². The third-order valence-electron chi connectivity index (χ3n) is 5.66. The van der Waals surface area contributed by atoms with Crippen molar-refractivity contribution < 1.29 is 18.4 Å². The molecule has 2 N–H and O–H groups in total. The zero-order valence-electron chi connectivity index (χ0n) is 18.9. The molecule has 0 aliphatic carbocycles. The van der Waals surface area contributed by atoms with E-state index in [1.165, 1.54) is 6.07 Å². The van der Waals surface area contributed by atoms with Gasteiger partial charge in [-0.15, -0.1) is 0 Å². The Bertz CT molecular complexity index is 1190. The maximum absolute atomic E-state index is 13.6.